The molecule has 0 saturated carbocycles. The first kappa shape index (κ1) is 24.4. The SMILES string of the molecule is COc1cc(C(=O)N[C@@H](c2ccc(Cl)cc2)c2cc(Cl)c3cccnc3c2O)cc(OC)c1OC. The highest BCUT2D eigenvalue weighted by Crippen LogP contribution is 2.40. The van der Waals surface area contributed by atoms with Crippen molar-refractivity contribution in [3.8, 4) is 23.0 Å². The van der Waals surface area contributed by atoms with Crippen LogP contribution >= 0.6 is 23.2 Å². The van der Waals surface area contributed by atoms with E-state index in [1.807, 2.05) is 0 Å². The number of nitrogens with one attached hydrogen (secondary N) is 1. The number of halogens is 2. The molecule has 0 aliphatic heterocycles. The van der Waals surface area contributed by atoms with Crippen molar-refractivity contribution in [1.29, 1.82) is 0 Å². The standard InChI is InChI=1S/C26H22Cl2N2O5/c1-33-20-11-15(12-21(34-2)25(20)35-3)26(32)30-22(14-6-8-16(27)9-7-14)18-13-19(28)17-5-4-10-29-23(17)24(18)31/h4-13,22,31H,1-3H3,(H,30,32)/t22-/m0/s1. The zero-order valence-electron chi connectivity index (χ0n) is 19.1. The lowest BCUT2D eigenvalue weighted by atomic mass is 9.95. The van der Waals surface area contributed by atoms with Crippen molar-refractivity contribution < 1.29 is 24.1 Å². The summed E-state index contributed by atoms with van der Waals surface area (Å²) in [5, 5.41) is 15.6. The molecule has 180 valence electrons. The Bertz CT molecular complexity index is 1370. The van der Waals surface area contributed by atoms with Crippen molar-refractivity contribution in [3.05, 3.63) is 87.5 Å². The summed E-state index contributed by atoms with van der Waals surface area (Å²) in [4.78, 5) is 17.7. The second-order valence-electron chi connectivity index (χ2n) is 7.57. The highest BCUT2D eigenvalue weighted by molar-refractivity contribution is 6.35. The molecule has 4 rings (SSSR count). The van der Waals surface area contributed by atoms with Gasteiger partial charge in [0.05, 0.1) is 32.4 Å². The Labute approximate surface area is 212 Å². The molecule has 1 heterocycles. The van der Waals surface area contributed by atoms with Crippen molar-refractivity contribution in [2.45, 2.75) is 6.04 Å². The van der Waals surface area contributed by atoms with Gasteiger partial charge in [0, 0.05) is 27.7 Å². The molecule has 0 bridgehead atoms. The van der Waals surface area contributed by atoms with Gasteiger partial charge in [-0.25, -0.2) is 0 Å². The minimum Gasteiger partial charge on any atom is -0.505 e. The number of aromatic hydroxyl groups is 1. The lowest BCUT2D eigenvalue weighted by molar-refractivity contribution is 0.0942. The largest absolute Gasteiger partial charge is 0.505 e. The van der Waals surface area contributed by atoms with Crippen molar-refractivity contribution in [2.75, 3.05) is 21.3 Å². The zero-order valence-corrected chi connectivity index (χ0v) is 20.6. The summed E-state index contributed by atoms with van der Waals surface area (Å²) in [7, 11) is 4.42. The number of ether oxygens (including phenoxy) is 3. The van der Waals surface area contributed by atoms with Gasteiger partial charge >= 0.3 is 0 Å². The molecular formula is C26H22Cl2N2O5. The predicted octanol–water partition coefficient (Wildman–Crippen LogP) is 5.79. The number of rotatable bonds is 7. The topological polar surface area (TPSA) is 89.9 Å². The van der Waals surface area contributed by atoms with Gasteiger partial charge in [-0.15, -0.1) is 0 Å². The molecule has 2 N–H and O–H groups in total. The van der Waals surface area contributed by atoms with Crippen molar-refractivity contribution in [2.24, 2.45) is 0 Å². The third-order valence-electron chi connectivity index (χ3n) is 5.56. The Morgan fingerprint density at radius 2 is 1.63 bits per heavy atom. The van der Waals surface area contributed by atoms with E-state index >= 15 is 0 Å². The summed E-state index contributed by atoms with van der Waals surface area (Å²) >= 11 is 12.6. The molecule has 0 spiro atoms. The van der Waals surface area contributed by atoms with Crippen LogP contribution in [0.4, 0.5) is 0 Å². The molecule has 0 unspecified atom stereocenters. The fourth-order valence-electron chi connectivity index (χ4n) is 3.85. The molecule has 0 aliphatic rings. The number of carbonyl (C=O) groups is 1. The van der Waals surface area contributed by atoms with Crippen LogP contribution in [0, 0.1) is 0 Å². The van der Waals surface area contributed by atoms with Crippen LogP contribution in [-0.2, 0) is 0 Å². The van der Waals surface area contributed by atoms with Crippen LogP contribution in [-0.4, -0.2) is 37.3 Å². The van der Waals surface area contributed by atoms with Gasteiger partial charge in [0.15, 0.2) is 11.5 Å². The lowest BCUT2D eigenvalue weighted by Gasteiger charge is -2.22. The third-order valence-corrected chi connectivity index (χ3v) is 6.13. The summed E-state index contributed by atoms with van der Waals surface area (Å²) in [6.45, 7) is 0. The van der Waals surface area contributed by atoms with Crippen molar-refractivity contribution >= 4 is 40.0 Å². The van der Waals surface area contributed by atoms with Crippen molar-refractivity contribution in [1.82, 2.24) is 10.3 Å². The van der Waals surface area contributed by atoms with Crippen LogP contribution in [0.2, 0.25) is 10.0 Å². The van der Waals surface area contributed by atoms with Crippen LogP contribution in [0.25, 0.3) is 10.9 Å². The molecule has 4 aromatic rings. The van der Waals surface area contributed by atoms with E-state index in [4.69, 9.17) is 37.4 Å². The number of carbonyl (C=O) groups excluding carboxylic acids is 1. The maximum absolute atomic E-state index is 13.4. The fraction of sp³-hybridized carbons (Fsp3) is 0.154. The van der Waals surface area contributed by atoms with Gasteiger partial charge in [-0.2, -0.15) is 0 Å². The highest BCUT2D eigenvalue weighted by Gasteiger charge is 2.25. The molecule has 1 amide bonds. The molecule has 7 nitrogen and oxygen atoms in total. The normalized spacial score (nSPS) is 11.7. The maximum Gasteiger partial charge on any atom is 0.252 e. The van der Waals surface area contributed by atoms with Gasteiger partial charge in [-0.3, -0.25) is 9.78 Å². The Hall–Kier alpha value is -3.68. The maximum atomic E-state index is 13.4. The van der Waals surface area contributed by atoms with Gasteiger partial charge in [-0.1, -0.05) is 35.3 Å². The highest BCUT2D eigenvalue weighted by atomic mass is 35.5. The first-order valence-corrected chi connectivity index (χ1v) is 11.3. The summed E-state index contributed by atoms with van der Waals surface area (Å²) in [5.74, 6) is 0.503. The van der Waals surface area contributed by atoms with Crippen LogP contribution in [0.3, 0.4) is 0 Å². The number of hydrogen-bond acceptors (Lipinski definition) is 6. The number of phenols is 1. The Morgan fingerprint density at radius 3 is 2.23 bits per heavy atom. The molecule has 3 aromatic carbocycles. The first-order chi connectivity index (χ1) is 16.9. The Balaban J connectivity index is 1.83. The Morgan fingerprint density at radius 1 is 0.971 bits per heavy atom. The van der Waals surface area contributed by atoms with E-state index in [0.717, 1.165) is 0 Å². The summed E-state index contributed by atoms with van der Waals surface area (Å²) in [6.07, 6.45) is 1.56. The van der Waals surface area contributed by atoms with Gasteiger partial charge in [0.2, 0.25) is 5.75 Å². The molecule has 1 aromatic heterocycles. The minimum atomic E-state index is -0.775. The third kappa shape index (κ3) is 4.78. The molecule has 1 atom stereocenters. The second kappa shape index (κ2) is 10.3. The number of nitrogens with zero attached hydrogens (tertiary/aromatic N) is 1. The number of fused-ring (bicyclic) bond motifs is 1. The van der Waals surface area contributed by atoms with E-state index in [-0.39, 0.29) is 11.3 Å². The van der Waals surface area contributed by atoms with Gasteiger partial charge < -0.3 is 24.6 Å². The molecule has 35 heavy (non-hydrogen) atoms. The number of pyridine rings is 1. The Kier molecular flexibility index (Phi) is 7.19. The minimum absolute atomic E-state index is 0.0878. The summed E-state index contributed by atoms with van der Waals surface area (Å²) < 4.78 is 16.1. The van der Waals surface area contributed by atoms with E-state index in [2.05, 4.69) is 10.3 Å². The molecule has 0 radical (unpaired) electrons. The van der Waals surface area contributed by atoms with E-state index < -0.39 is 11.9 Å². The molecule has 0 fully saturated rings. The average Bonchev–Trinajstić information content (AvgIpc) is 2.89. The van der Waals surface area contributed by atoms with Gasteiger partial charge in [0.25, 0.3) is 5.91 Å². The first-order valence-electron chi connectivity index (χ1n) is 10.5. The summed E-state index contributed by atoms with van der Waals surface area (Å²) in [6, 6.07) is 14.4. The van der Waals surface area contributed by atoms with Crippen LogP contribution in [0.5, 0.6) is 23.0 Å². The monoisotopic (exact) mass is 512 g/mol. The zero-order chi connectivity index (χ0) is 25.1. The lowest BCUT2D eigenvalue weighted by Crippen LogP contribution is -2.29. The van der Waals surface area contributed by atoms with Gasteiger partial charge in [-0.05, 0) is 48.0 Å². The predicted molar refractivity (Wildman–Crippen MR) is 135 cm³/mol. The van der Waals surface area contributed by atoms with E-state index in [0.29, 0.717) is 49.3 Å². The van der Waals surface area contributed by atoms with E-state index in [1.54, 1.807) is 60.8 Å². The number of phenolic OH excluding ortho intramolecular Hbond substituents is 1. The summed E-state index contributed by atoms with van der Waals surface area (Å²) in [5.41, 5.74) is 1.65. The van der Waals surface area contributed by atoms with Gasteiger partial charge in [0.1, 0.15) is 11.3 Å². The molecule has 9 heteroatoms. The second-order valence-corrected chi connectivity index (χ2v) is 8.41. The molecule has 0 saturated heterocycles. The molecule has 0 aliphatic carbocycles. The fourth-order valence-corrected chi connectivity index (χ4v) is 4.24. The van der Waals surface area contributed by atoms with E-state index in [1.165, 1.54) is 21.3 Å². The number of aromatic nitrogens is 1. The number of hydrogen-bond donors (Lipinski definition) is 2. The average molecular weight is 513 g/mol. The smallest absolute Gasteiger partial charge is 0.252 e. The molecular weight excluding hydrogens is 491 g/mol. The van der Waals surface area contributed by atoms with Crippen LogP contribution in [0.15, 0.2) is 60.8 Å². The van der Waals surface area contributed by atoms with E-state index in [9.17, 15) is 9.90 Å². The number of benzene rings is 3. The van der Waals surface area contributed by atoms with Crippen LogP contribution < -0.4 is 19.5 Å². The number of methoxy groups -OCH3 is 3. The quantitative estimate of drug-likeness (QED) is 0.325. The van der Waals surface area contributed by atoms with Crippen LogP contribution in [0.1, 0.15) is 27.5 Å². The van der Waals surface area contributed by atoms with Crippen molar-refractivity contribution in [3.63, 3.8) is 0 Å². The number of amides is 1.